The molecule has 1 aliphatic heterocycles. The van der Waals surface area contributed by atoms with E-state index in [2.05, 4.69) is 32.6 Å². The van der Waals surface area contributed by atoms with Gasteiger partial charge < -0.3 is 10.5 Å². The quantitative estimate of drug-likeness (QED) is 0.861. The maximum absolute atomic E-state index is 6.45. The summed E-state index contributed by atoms with van der Waals surface area (Å²) in [6.07, 6.45) is 6.61. The van der Waals surface area contributed by atoms with Crippen LogP contribution in [0.1, 0.15) is 59.8 Å². The summed E-state index contributed by atoms with van der Waals surface area (Å²) < 4.78 is 5.82. The van der Waals surface area contributed by atoms with Crippen LogP contribution in [0, 0.1) is 11.3 Å². The highest BCUT2D eigenvalue weighted by atomic mass is 16.5. The van der Waals surface area contributed by atoms with Crippen LogP contribution in [0.15, 0.2) is 0 Å². The summed E-state index contributed by atoms with van der Waals surface area (Å²) in [4.78, 5) is 2.60. The van der Waals surface area contributed by atoms with Crippen LogP contribution < -0.4 is 5.73 Å². The van der Waals surface area contributed by atoms with Gasteiger partial charge in [-0.25, -0.2) is 0 Å². The van der Waals surface area contributed by atoms with Gasteiger partial charge >= 0.3 is 0 Å². The number of hydrogen-bond donors (Lipinski definition) is 1. The van der Waals surface area contributed by atoms with Crippen molar-refractivity contribution in [2.75, 3.05) is 19.7 Å². The van der Waals surface area contributed by atoms with Crippen molar-refractivity contribution in [3.63, 3.8) is 0 Å². The standard InChI is InChI=1S/C17H34N2O/c1-5-19(12-14-7-6-10-20-14)16-11-13(17(2,3)4)8-9-15(16)18/h13-16H,5-12,18H2,1-4H3. The van der Waals surface area contributed by atoms with E-state index in [0.29, 0.717) is 23.6 Å². The number of likely N-dealkylation sites (N-methyl/N-ethyl adjacent to an activating group) is 1. The first-order valence-corrected chi connectivity index (χ1v) is 8.53. The van der Waals surface area contributed by atoms with Gasteiger partial charge in [0.1, 0.15) is 0 Å². The Hall–Kier alpha value is -0.120. The monoisotopic (exact) mass is 282 g/mol. The Kier molecular flexibility index (Phi) is 5.49. The summed E-state index contributed by atoms with van der Waals surface area (Å²) in [5, 5.41) is 0. The minimum Gasteiger partial charge on any atom is -0.377 e. The van der Waals surface area contributed by atoms with E-state index in [1.54, 1.807) is 0 Å². The number of hydrogen-bond acceptors (Lipinski definition) is 3. The molecule has 0 aromatic rings. The minimum absolute atomic E-state index is 0.343. The maximum Gasteiger partial charge on any atom is 0.0702 e. The second-order valence-corrected chi connectivity index (χ2v) is 7.83. The molecule has 2 N–H and O–H groups in total. The smallest absolute Gasteiger partial charge is 0.0702 e. The van der Waals surface area contributed by atoms with Crippen molar-refractivity contribution >= 4 is 0 Å². The zero-order chi connectivity index (χ0) is 14.8. The van der Waals surface area contributed by atoms with Gasteiger partial charge in [0.25, 0.3) is 0 Å². The summed E-state index contributed by atoms with van der Waals surface area (Å²) >= 11 is 0. The van der Waals surface area contributed by atoms with Crippen LogP contribution >= 0.6 is 0 Å². The molecular weight excluding hydrogens is 248 g/mol. The lowest BCUT2D eigenvalue weighted by Gasteiger charge is -2.45. The fourth-order valence-electron chi connectivity index (χ4n) is 3.93. The van der Waals surface area contributed by atoms with Crippen LogP contribution in [-0.2, 0) is 4.74 Å². The van der Waals surface area contributed by atoms with Gasteiger partial charge in [0, 0.05) is 25.2 Å². The Morgan fingerprint density at radius 2 is 1.95 bits per heavy atom. The van der Waals surface area contributed by atoms with Gasteiger partial charge in [-0.3, -0.25) is 4.90 Å². The van der Waals surface area contributed by atoms with Crippen LogP contribution in [0.3, 0.4) is 0 Å². The Labute approximate surface area is 125 Å². The predicted octanol–water partition coefficient (Wildman–Crippen LogP) is 3.03. The Morgan fingerprint density at radius 1 is 1.20 bits per heavy atom. The Balaban J connectivity index is 1.98. The second kappa shape index (κ2) is 6.76. The summed E-state index contributed by atoms with van der Waals surface area (Å²) in [6, 6.07) is 0.886. The third kappa shape index (κ3) is 3.96. The van der Waals surface area contributed by atoms with Gasteiger partial charge in [-0.2, -0.15) is 0 Å². The average molecular weight is 282 g/mol. The lowest BCUT2D eigenvalue weighted by atomic mass is 9.69. The molecule has 2 fully saturated rings. The highest BCUT2D eigenvalue weighted by molar-refractivity contribution is 4.93. The fourth-order valence-corrected chi connectivity index (χ4v) is 3.93. The molecule has 118 valence electrons. The van der Waals surface area contributed by atoms with Gasteiger partial charge in [-0.1, -0.05) is 27.7 Å². The second-order valence-electron chi connectivity index (χ2n) is 7.83. The highest BCUT2D eigenvalue weighted by Crippen LogP contribution is 2.39. The third-order valence-corrected chi connectivity index (χ3v) is 5.43. The van der Waals surface area contributed by atoms with Crippen LogP contribution in [0.5, 0.6) is 0 Å². The first-order valence-electron chi connectivity index (χ1n) is 8.53. The number of rotatable bonds is 4. The SMILES string of the molecule is CCN(CC1CCCO1)C1CC(C(C)(C)C)CCC1N. The molecule has 0 aromatic carbocycles. The lowest BCUT2D eigenvalue weighted by molar-refractivity contribution is 0.0254. The van der Waals surface area contributed by atoms with Crippen molar-refractivity contribution in [1.82, 2.24) is 4.90 Å². The number of nitrogens with two attached hydrogens (primary N) is 1. The predicted molar refractivity (Wildman–Crippen MR) is 84.8 cm³/mol. The van der Waals surface area contributed by atoms with Gasteiger partial charge in [0.15, 0.2) is 0 Å². The molecule has 3 nitrogen and oxygen atoms in total. The van der Waals surface area contributed by atoms with Crippen LogP contribution in [0.2, 0.25) is 0 Å². The van der Waals surface area contributed by atoms with Crippen molar-refractivity contribution in [3.05, 3.63) is 0 Å². The van der Waals surface area contributed by atoms with E-state index >= 15 is 0 Å². The average Bonchev–Trinajstić information content (AvgIpc) is 2.88. The molecule has 2 rings (SSSR count). The van der Waals surface area contributed by atoms with E-state index in [1.807, 2.05) is 0 Å². The van der Waals surface area contributed by atoms with Crippen molar-refractivity contribution in [3.8, 4) is 0 Å². The molecule has 0 spiro atoms. The van der Waals surface area contributed by atoms with E-state index in [0.717, 1.165) is 25.6 Å². The van der Waals surface area contributed by atoms with E-state index in [-0.39, 0.29) is 0 Å². The van der Waals surface area contributed by atoms with Gasteiger partial charge in [0.2, 0.25) is 0 Å². The summed E-state index contributed by atoms with van der Waals surface area (Å²) in [5.41, 5.74) is 6.86. The normalized spacial score (nSPS) is 35.7. The van der Waals surface area contributed by atoms with Gasteiger partial charge in [-0.15, -0.1) is 0 Å². The zero-order valence-corrected chi connectivity index (χ0v) is 13.9. The summed E-state index contributed by atoms with van der Waals surface area (Å²) in [6.45, 7) is 12.5. The third-order valence-electron chi connectivity index (χ3n) is 5.43. The first-order chi connectivity index (χ1) is 9.41. The molecular formula is C17H34N2O. The van der Waals surface area contributed by atoms with Crippen molar-refractivity contribution in [1.29, 1.82) is 0 Å². The molecule has 4 unspecified atom stereocenters. The fraction of sp³-hybridized carbons (Fsp3) is 1.00. The highest BCUT2D eigenvalue weighted by Gasteiger charge is 2.37. The zero-order valence-electron chi connectivity index (χ0n) is 13.9. The maximum atomic E-state index is 6.45. The van der Waals surface area contributed by atoms with Gasteiger partial charge in [0.05, 0.1) is 6.10 Å². The van der Waals surface area contributed by atoms with Crippen LogP contribution in [0.25, 0.3) is 0 Å². The Bertz CT molecular complexity index is 294. The molecule has 1 aliphatic carbocycles. The molecule has 0 radical (unpaired) electrons. The first kappa shape index (κ1) is 16.3. The topological polar surface area (TPSA) is 38.5 Å². The lowest BCUT2D eigenvalue weighted by Crippen LogP contribution is -2.54. The van der Waals surface area contributed by atoms with Crippen molar-refractivity contribution in [2.45, 2.75) is 78.0 Å². The summed E-state index contributed by atoms with van der Waals surface area (Å²) in [7, 11) is 0. The largest absolute Gasteiger partial charge is 0.377 e. The number of nitrogens with zero attached hydrogens (tertiary/aromatic N) is 1. The van der Waals surface area contributed by atoms with Crippen molar-refractivity contribution < 1.29 is 4.74 Å². The molecule has 0 aromatic heterocycles. The molecule has 2 aliphatic rings. The number of ether oxygens (including phenoxy) is 1. The molecule has 1 saturated carbocycles. The molecule has 3 heteroatoms. The molecule has 0 bridgehead atoms. The molecule has 1 heterocycles. The van der Waals surface area contributed by atoms with E-state index in [4.69, 9.17) is 10.5 Å². The van der Waals surface area contributed by atoms with Crippen molar-refractivity contribution in [2.24, 2.45) is 17.1 Å². The minimum atomic E-state index is 0.343. The van der Waals surface area contributed by atoms with E-state index in [1.165, 1.54) is 32.1 Å². The van der Waals surface area contributed by atoms with E-state index < -0.39 is 0 Å². The van der Waals surface area contributed by atoms with Crippen LogP contribution in [-0.4, -0.2) is 42.8 Å². The molecule has 0 amide bonds. The van der Waals surface area contributed by atoms with E-state index in [9.17, 15) is 0 Å². The molecule has 1 saturated heterocycles. The van der Waals surface area contributed by atoms with Crippen LogP contribution in [0.4, 0.5) is 0 Å². The molecule has 4 atom stereocenters. The summed E-state index contributed by atoms with van der Waals surface area (Å²) in [5.74, 6) is 0.797. The molecule has 20 heavy (non-hydrogen) atoms. The Morgan fingerprint density at radius 3 is 2.50 bits per heavy atom. The van der Waals surface area contributed by atoms with Gasteiger partial charge in [-0.05, 0) is 50.0 Å².